The first-order chi connectivity index (χ1) is 12.5. The zero-order valence-corrected chi connectivity index (χ0v) is 14.8. The van der Waals surface area contributed by atoms with E-state index >= 15 is 0 Å². The van der Waals surface area contributed by atoms with Crippen LogP contribution in [0.2, 0.25) is 0 Å². The maximum atomic E-state index is 12.5. The molecule has 1 amide bonds. The third-order valence-corrected chi connectivity index (χ3v) is 4.08. The largest absolute Gasteiger partial charge is 0.384 e. The number of fused-ring (bicyclic) bond motifs is 1. The molecule has 2 heterocycles. The van der Waals surface area contributed by atoms with Gasteiger partial charge in [-0.15, -0.1) is 0 Å². The molecule has 1 aromatic carbocycles. The molecule has 0 spiro atoms. The number of amides is 1. The molecule has 0 bridgehead atoms. The van der Waals surface area contributed by atoms with Crippen LogP contribution in [0.1, 0.15) is 36.2 Å². The first kappa shape index (κ1) is 17.6. The van der Waals surface area contributed by atoms with Crippen molar-refractivity contribution in [2.45, 2.75) is 20.3 Å². The minimum absolute atomic E-state index is 0.00824. The number of nitrogens with two attached hydrogens (primary N) is 1. The third kappa shape index (κ3) is 3.72. The van der Waals surface area contributed by atoms with Crippen LogP contribution in [0.4, 0.5) is 0 Å². The Balaban J connectivity index is 1.93. The van der Waals surface area contributed by atoms with Crippen LogP contribution in [0, 0.1) is 11.3 Å². The van der Waals surface area contributed by atoms with E-state index in [0.29, 0.717) is 35.1 Å². The van der Waals surface area contributed by atoms with Gasteiger partial charge in [0.25, 0.3) is 5.91 Å². The lowest BCUT2D eigenvalue weighted by Gasteiger charge is -2.09. The van der Waals surface area contributed by atoms with E-state index in [2.05, 4.69) is 34.1 Å². The van der Waals surface area contributed by atoms with Crippen molar-refractivity contribution in [2.24, 2.45) is 11.7 Å². The average Bonchev–Trinajstić information content (AvgIpc) is 3.04. The summed E-state index contributed by atoms with van der Waals surface area (Å²) < 4.78 is 0. The second-order valence-electron chi connectivity index (χ2n) is 6.57. The molecule has 0 aliphatic heterocycles. The third-order valence-electron chi connectivity index (χ3n) is 4.08. The van der Waals surface area contributed by atoms with Gasteiger partial charge in [0, 0.05) is 18.3 Å². The number of carbonyl (C=O) groups excluding carboxylic acids is 1. The number of benzene rings is 1. The van der Waals surface area contributed by atoms with Gasteiger partial charge in [0.15, 0.2) is 5.82 Å². The fraction of sp³-hybridized carbons (Fsp3) is 0.263. The van der Waals surface area contributed by atoms with Crippen molar-refractivity contribution >= 4 is 22.8 Å². The molecule has 0 fully saturated rings. The molecule has 0 aliphatic carbocycles. The van der Waals surface area contributed by atoms with E-state index in [1.807, 2.05) is 0 Å². The highest BCUT2D eigenvalue weighted by Gasteiger charge is 2.17. The van der Waals surface area contributed by atoms with Crippen LogP contribution in [-0.2, 0) is 0 Å². The summed E-state index contributed by atoms with van der Waals surface area (Å²) in [6.45, 7) is 4.85. The van der Waals surface area contributed by atoms with Crippen LogP contribution in [0.5, 0.6) is 0 Å². The molecule has 7 nitrogen and oxygen atoms in total. The first-order valence-corrected chi connectivity index (χ1v) is 8.53. The first-order valence-electron chi connectivity index (χ1n) is 8.53. The van der Waals surface area contributed by atoms with Gasteiger partial charge < -0.3 is 16.0 Å². The molecule has 5 N–H and O–H groups in total. The minimum atomic E-state index is -0.168. The lowest BCUT2D eigenvalue weighted by molar-refractivity contribution is 0.0952. The number of hydrogen-bond donors (Lipinski definition) is 4. The van der Waals surface area contributed by atoms with Gasteiger partial charge in [0.2, 0.25) is 0 Å². The number of aromatic amines is 1. The SMILES string of the molecule is CC(C)CCNC(=O)c1cccnc1-c1nc2ccc(C(=N)N)cc2[nH]1. The molecule has 2 aromatic heterocycles. The quantitative estimate of drug-likeness (QED) is 0.403. The second-order valence-corrected chi connectivity index (χ2v) is 6.57. The van der Waals surface area contributed by atoms with E-state index in [-0.39, 0.29) is 11.7 Å². The number of H-pyrrole nitrogens is 1. The normalized spacial score (nSPS) is 11.0. The Labute approximate surface area is 151 Å². The summed E-state index contributed by atoms with van der Waals surface area (Å²) in [5, 5.41) is 10.5. The maximum Gasteiger partial charge on any atom is 0.253 e. The second kappa shape index (κ2) is 7.35. The predicted octanol–water partition coefficient (Wildman–Crippen LogP) is 2.68. The Morgan fingerprint density at radius 1 is 1.35 bits per heavy atom. The zero-order valence-electron chi connectivity index (χ0n) is 14.8. The predicted molar refractivity (Wildman–Crippen MR) is 102 cm³/mol. The smallest absolute Gasteiger partial charge is 0.253 e. The molecule has 3 aromatic rings. The monoisotopic (exact) mass is 350 g/mol. The molecule has 134 valence electrons. The Hall–Kier alpha value is -3.22. The van der Waals surface area contributed by atoms with Gasteiger partial charge in [-0.3, -0.25) is 15.2 Å². The van der Waals surface area contributed by atoms with Crippen molar-refractivity contribution in [1.29, 1.82) is 5.41 Å². The van der Waals surface area contributed by atoms with E-state index < -0.39 is 0 Å². The number of aromatic nitrogens is 3. The van der Waals surface area contributed by atoms with Crippen LogP contribution < -0.4 is 11.1 Å². The molecule has 3 rings (SSSR count). The average molecular weight is 350 g/mol. The van der Waals surface area contributed by atoms with Gasteiger partial charge in [-0.05, 0) is 42.7 Å². The highest BCUT2D eigenvalue weighted by Crippen LogP contribution is 2.22. The van der Waals surface area contributed by atoms with Gasteiger partial charge in [0.1, 0.15) is 11.5 Å². The number of pyridine rings is 1. The highest BCUT2D eigenvalue weighted by molar-refractivity contribution is 6.00. The van der Waals surface area contributed by atoms with Crippen molar-refractivity contribution in [3.8, 4) is 11.5 Å². The molecule has 0 atom stereocenters. The van der Waals surface area contributed by atoms with Gasteiger partial charge in [-0.25, -0.2) is 4.98 Å². The summed E-state index contributed by atoms with van der Waals surface area (Å²) >= 11 is 0. The molecule has 0 saturated carbocycles. The van der Waals surface area contributed by atoms with Crippen LogP contribution in [0.15, 0.2) is 36.5 Å². The number of nitrogens with one attached hydrogen (secondary N) is 3. The van der Waals surface area contributed by atoms with Crippen molar-refractivity contribution in [2.75, 3.05) is 6.54 Å². The molecule has 26 heavy (non-hydrogen) atoms. The summed E-state index contributed by atoms with van der Waals surface area (Å²) in [7, 11) is 0. The van der Waals surface area contributed by atoms with E-state index in [1.54, 1.807) is 36.5 Å². The molecule has 0 unspecified atom stereocenters. The summed E-state index contributed by atoms with van der Waals surface area (Å²) in [4.78, 5) is 24.6. The minimum Gasteiger partial charge on any atom is -0.384 e. The summed E-state index contributed by atoms with van der Waals surface area (Å²) in [6.07, 6.45) is 2.55. The van der Waals surface area contributed by atoms with E-state index in [1.165, 1.54) is 0 Å². The van der Waals surface area contributed by atoms with E-state index in [9.17, 15) is 4.79 Å². The highest BCUT2D eigenvalue weighted by atomic mass is 16.1. The Bertz CT molecular complexity index is 960. The van der Waals surface area contributed by atoms with Crippen molar-refractivity contribution < 1.29 is 4.79 Å². The van der Waals surface area contributed by atoms with Crippen LogP contribution in [0.3, 0.4) is 0 Å². The molecular weight excluding hydrogens is 328 g/mol. The van der Waals surface area contributed by atoms with Crippen LogP contribution in [-0.4, -0.2) is 33.2 Å². The topological polar surface area (TPSA) is 121 Å². The van der Waals surface area contributed by atoms with Crippen molar-refractivity contribution in [3.63, 3.8) is 0 Å². The fourth-order valence-electron chi connectivity index (χ4n) is 2.64. The van der Waals surface area contributed by atoms with Crippen molar-refractivity contribution in [3.05, 3.63) is 47.7 Å². The molecule has 0 aliphatic rings. The van der Waals surface area contributed by atoms with Crippen LogP contribution >= 0.6 is 0 Å². The summed E-state index contributed by atoms with van der Waals surface area (Å²) in [5.74, 6) is 0.856. The van der Waals surface area contributed by atoms with Crippen molar-refractivity contribution in [1.82, 2.24) is 20.3 Å². The number of nitrogen functional groups attached to an aromatic ring is 1. The lowest BCUT2D eigenvalue weighted by atomic mass is 10.1. The number of nitrogens with zero attached hydrogens (tertiary/aromatic N) is 2. The van der Waals surface area contributed by atoms with Gasteiger partial charge in [-0.2, -0.15) is 0 Å². The Kier molecular flexibility index (Phi) is 4.97. The number of hydrogen-bond acceptors (Lipinski definition) is 4. The van der Waals surface area contributed by atoms with E-state index in [4.69, 9.17) is 11.1 Å². The number of amidine groups is 1. The number of carbonyl (C=O) groups is 1. The number of rotatable bonds is 6. The molecule has 0 radical (unpaired) electrons. The number of imidazole rings is 1. The zero-order chi connectivity index (χ0) is 18.7. The fourth-order valence-corrected chi connectivity index (χ4v) is 2.64. The molecule has 7 heteroatoms. The standard InChI is InChI=1S/C19H22N6O/c1-11(2)7-9-23-19(26)13-4-3-8-22-16(13)18-24-14-6-5-12(17(20)21)10-15(14)25-18/h3-6,8,10-11H,7,9H2,1-2H3,(H3,20,21)(H,23,26)(H,24,25). The van der Waals surface area contributed by atoms with Gasteiger partial charge in [0.05, 0.1) is 16.6 Å². The summed E-state index contributed by atoms with van der Waals surface area (Å²) in [5.41, 5.74) is 8.58. The molecule has 0 saturated heterocycles. The Morgan fingerprint density at radius 3 is 2.88 bits per heavy atom. The molecular formula is C19H22N6O. The maximum absolute atomic E-state index is 12.5. The summed E-state index contributed by atoms with van der Waals surface area (Å²) in [6, 6.07) is 8.77. The van der Waals surface area contributed by atoms with E-state index in [0.717, 1.165) is 17.5 Å². The van der Waals surface area contributed by atoms with Crippen LogP contribution in [0.25, 0.3) is 22.6 Å². The van der Waals surface area contributed by atoms with Gasteiger partial charge in [-0.1, -0.05) is 13.8 Å². The Morgan fingerprint density at radius 2 is 2.15 bits per heavy atom. The lowest BCUT2D eigenvalue weighted by Crippen LogP contribution is -2.26. The van der Waals surface area contributed by atoms with Gasteiger partial charge >= 0.3 is 0 Å².